The molecule has 5 nitrogen and oxygen atoms in total. The van der Waals surface area contributed by atoms with Crippen LogP contribution in [0.15, 0.2) is 0 Å². The van der Waals surface area contributed by atoms with E-state index in [1.54, 1.807) is 4.90 Å². The Morgan fingerprint density at radius 3 is 2.79 bits per heavy atom. The van der Waals surface area contributed by atoms with E-state index in [0.717, 1.165) is 19.4 Å². The van der Waals surface area contributed by atoms with Gasteiger partial charge in [-0.15, -0.1) is 0 Å². The van der Waals surface area contributed by atoms with Crippen molar-refractivity contribution in [3.05, 3.63) is 0 Å². The van der Waals surface area contributed by atoms with E-state index in [-0.39, 0.29) is 12.2 Å². The summed E-state index contributed by atoms with van der Waals surface area (Å²) in [6.07, 6.45) is 1.87. The molecular weight excluding hydrogens is 246 g/mol. The molecular formula is C14H27NO4. The predicted octanol–water partition coefficient (Wildman–Crippen LogP) is 2.44. The van der Waals surface area contributed by atoms with E-state index in [2.05, 4.69) is 6.92 Å². The molecule has 0 aliphatic carbocycles. The molecule has 1 unspecified atom stereocenters. The average Bonchev–Trinajstić information content (AvgIpc) is 2.33. The molecule has 1 rings (SSSR count). The molecule has 0 aromatic heterocycles. The summed E-state index contributed by atoms with van der Waals surface area (Å²) in [4.78, 5) is 13.6. The molecule has 1 atom stereocenters. The average molecular weight is 273 g/mol. The highest BCUT2D eigenvalue weighted by Gasteiger charge is 2.28. The molecule has 0 N–H and O–H groups in total. The molecule has 112 valence electrons. The normalized spacial score (nSPS) is 20.4. The molecule has 0 bridgehead atoms. The van der Waals surface area contributed by atoms with E-state index >= 15 is 0 Å². The van der Waals surface area contributed by atoms with Gasteiger partial charge in [-0.3, -0.25) is 0 Å². The van der Waals surface area contributed by atoms with Crippen molar-refractivity contribution in [2.24, 2.45) is 0 Å². The molecule has 1 fully saturated rings. The van der Waals surface area contributed by atoms with E-state index in [1.165, 1.54) is 0 Å². The third kappa shape index (κ3) is 6.78. The number of unbranched alkanes of at least 4 members (excludes halogenated alkanes) is 1. The monoisotopic (exact) mass is 273 g/mol. The van der Waals surface area contributed by atoms with Crippen LogP contribution >= 0.6 is 0 Å². The highest BCUT2D eigenvalue weighted by Crippen LogP contribution is 2.13. The molecule has 19 heavy (non-hydrogen) atoms. The zero-order valence-electron chi connectivity index (χ0n) is 12.6. The Bertz CT molecular complexity index is 275. The Hall–Kier alpha value is -0.810. The van der Waals surface area contributed by atoms with Crippen LogP contribution in [0.5, 0.6) is 0 Å². The minimum Gasteiger partial charge on any atom is -0.444 e. The van der Waals surface area contributed by atoms with Gasteiger partial charge in [-0.1, -0.05) is 13.3 Å². The molecule has 0 aromatic carbocycles. The summed E-state index contributed by atoms with van der Waals surface area (Å²) in [6, 6.07) is 0. The smallest absolute Gasteiger partial charge is 0.410 e. The lowest BCUT2D eigenvalue weighted by Crippen LogP contribution is -2.48. The van der Waals surface area contributed by atoms with Crippen molar-refractivity contribution in [3.63, 3.8) is 0 Å². The van der Waals surface area contributed by atoms with Gasteiger partial charge in [0.15, 0.2) is 0 Å². The Kier molecular flexibility index (Phi) is 6.58. The van der Waals surface area contributed by atoms with Crippen LogP contribution in [0.25, 0.3) is 0 Å². The van der Waals surface area contributed by atoms with Crippen LogP contribution in [0.2, 0.25) is 0 Å². The van der Waals surface area contributed by atoms with E-state index in [9.17, 15) is 4.79 Å². The molecule has 0 aromatic rings. The predicted molar refractivity (Wildman–Crippen MR) is 73.3 cm³/mol. The first kappa shape index (κ1) is 16.2. The zero-order valence-corrected chi connectivity index (χ0v) is 12.6. The van der Waals surface area contributed by atoms with Crippen molar-refractivity contribution in [2.45, 2.75) is 52.2 Å². The fourth-order valence-electron chi connectivity index (χ4n) is 1.77. The van der Waals surface area contributed by atoms with Gasteiger partial charge in [0.2, 0.25) is 0 Å². The summed E-state index contributed by atoms with van der Waals surface area (Å²) in [5, 5.41) is 0. The van der Waals surface area contributed by atoms with Crippen LogP contribution in [-0.4, -0.2) is 55.6 Å². The van der Waals surface area contributed by atoms with Crippen LogP contribution in [0.4, 0.5) is 4.79 Å². The second-order valence-electron chi connectivity index (χ2n) is 5.85. The molecule has 0 saturated carbocycles. The first-order chi connectivity index (χ1) is 8.92. The van der Waals surface area contributed by atoms with Crippen molar-refractivity contribution in [3.8, 4) is 0 Å². The first-order valence-electron chi connectivity index (χ1n) is 7.09. The van der Waals surface area contributed by atoms with Crippen molar-refractivity contribution in [1.29, 1.82) is 0 Å². The molecule has 1 saturated heterocycles. The minimum atomic E-state index is -0.456. The Balaban J connectivity index is 2.31. The van der Waals surface area contributed by atoms with Gasteiger partial charge in [-0.25, -0.2) is 4.79 Å². The second-order valence-corrected chi connectivity index (χ2v) is 5.85. The van der Waals surface area contributed by atoms with Gasteiger partial charge in [-0.05, 0) is 27.2 Å². The van der Waals surface area contributed by atoms with Crippen LogP contribution in [0.1, 0.15) is 40.5 Å². The minimum absolute atomic E-state index is 0.0434. The van der Waals surface area contributed by atoms with E-state index < -0.39 is 5.60 Å². The van der Waals surface area contributed by atoms with E-state index in [4.69, 9.17) is 14.2 Å². The lowest BCUT2D eigenvalue weighted by atomic mass is 10.2. The summed E-state index contributed by atoms with van der Waals surface area (Å²) in [5.41, 5.74) is -0.456. The van der Waals surface area contributed by atoms with Gasteiger partial charge in [0.1, 0.15) is 5.60 Å². The van der Waals surface area contributed by atoms with Crippen LogP contribution in [0, 0.1) is 0 Å². The topological polar surface area (TPSA) is 48.0 Å². The van der Waals surface area contributed by atoms with Gasteiger partial charge in [-0.2, -0.15) is 0 Å². The second kappa shape index (κ2) is 7.70. The number of hydrogen-bond acceptors (Lipinski definition) is 4. The van der Waals surface area contributed by atoms with E-state index in [1.807, 2.05) is 20.8 Å². The maximum Gasteiger partial charge on any atom is 0.410 e. The summed E-state index contributed by atoms with van der Waals surface area (Å²) in [7, 11) is 0. The number of hydrogen-bond donors (Lipinski definition) is 0. The van der Waals surface area contributed by atoms with Gasteiger partial charge in [0, 0.05) is 13.2 Å². The number of morpholine rings is 1. The number of amides is 1. The molecule has 0 spiro atoms. The summed E-state index contributed by atoms with van der Waals surface area (Å²) >= 11 is 0. The van der Waals surface area contributed by atoms with Gasteiger partial charge in [0.05, 0.1) is 25.9 Å². The van der Waals surface area contributed by atoms with Crippen molar-refractivity contribution >= 4 is 6.09 Å². The highest BCUT2D eigenvalue weighted by atomic mass is 16.6. The van der Waals surface area contributed by atoms with Crippen molar-refractivity contribution in [1.82, 2.24) is 4.90 Å². The molecule has 1 heterocycles. The van der Waals surface area contributed by atoms with Crippen LogP contribution in [0.3, 0.4) is 0 Å². The third-order valence-electron chi connectivity index (χ3n) is 2.74. The maximum absolute atomic E-state index is 11.9. The largest absolute Gasteiger partial charge is 0.444 e. The molecule has 1 aliphatic heterocycles. The molecule has 0 radical (unpaired) electrons. The lowest BCUT2D eigenvalue weighted by Gasteiger charge is -2.34. The summed E-state index contributed by atoms with van der Waals surface area (Å²) in [6.45, 7) is 10.7. The SMILES string of the molecule is CCCCOCC1CN(C(=O)OC(C)(C)C)CCO1. The van der Waals surface area contributed by atoms with Gasteiger partial charge >= 0.3 is 6.09 Å². The lowest BCUT2D eigenvalue weighted by molar-refractivity contribution is -0.0726. The van der Waals surface area contributed by atoms with Gasteiger partial charge < -0.3 is 19.1 Å². The summed E-state index contributed by atoms with van der Waals surface area (Å²) < 4.78 is 16.5. The molecule has 1 aliphatic rings. The number of carbonyl (C=O) groups is 1. The van der Waals surface area contributed by atoms with Gasteiger partial charge in [0.25, 0.3) is 0 Å². The van der Waals surface area contributed by atoms with Crippen LogP contribution in [-0.2, 0) is 14.2 Å². The first-order valence-corrected chi connectivity index (χ1v) is 7.09. The van der Waals surface area contributed by atoms with Crippen molar-refractivity contribution < 1.29 is 19.0 Å². The quantitative estimate of drug-likeness (QED) is 0.722. The number of nitrogens with zero attached hydrogens (tertiary/aromatic N) is 1. The van der Waals surface area contributed by atoms with Crippen LogP contribution < -0.4 is 0 Å². The standard InChI is InChI=1S/C14H27NO4/c1-5-6-8-17-11-12-10-15(7-9-18-12)13(16)19-14(2,3)4/h12H,5-11H2,1-4H3. The number of carbonyl (C=O) groups excluding carboxylic acids is 1. The molecule has 5 heteroatoms. The molecule has 1 amide bonds. The third-order valence-corrected chi connectivity index (χ3v) is 2.74. The summed E-state index contributed by atoms with van der Waals surface area (Å²) in [5.74, 6) is 0. The fraction of sp³-hybridized carbons (Fsp3) is 0.929. The Labute approximate surface area is 116 Å². The Morgan fingerprint density at radius 1 is 1.42 bits per heavy atom. The zero-order chi connectivity index (χ0) is 14.3. The number of rotatable bonds is 5. The number of ether oxygens (including phenoxy) is 3. The fourth-order valence-corrected chi connectivity index (χ4v) is 1.77. The maximum atomic E-state index is 11.9. The Morgan fingerprint density at radius 2 is 2.16 bits per heavy atom. The van der Waals surface area contributed by atoms with Crippen molar-refractivity contribution in [2.75, 3.05) is 32.9 Å². The van der Waals surface area contributed by atoms with E-state index in [0.29, 0.717) is 26.3 Å². The highest BCUT2D eigenvalue weighted by molar-refractivity contribution is 5.68.